The maximum absolute atomic E-state index is 11.4. The molecule has 20 heavy (non-hydrogen) atoms. The first-order valence-electron chi connectivity index (χ1n) is 6.76. The van der Waals surface area contributed by atoms with Crippen LogP contribution < -0.4 is 9.88 Å². The number of primary sulfonamides is 1. The van der Waals surface area contributed by atoms with Gasteiger partial charge in [0.15, 0.2) is 0 Å². The van der Waals surface area contributed by atoms with Crippen molar-refractivity contribution in [2.45, 2.75) is 44.1 Å². The van der Waals surface area contributed by atoms with Crippen molar-refractivity contribution in [3.63, 3.8) is 0 Å². The van der Waals surface area contributed by atoms with Crippen LogP contribution in [-0.4, -0.2) is 27.7 Å². The van der Waals surface area contributed by atoms with Gasteiger partial charge in [-0.2, -0.15) is 0 Å². The molecule has 1 aromatic carbocycles. The molecule has 6 heteroatoms. The van der Waals surface area contributed by atoms with E-state index in [1.807, 2.05) is 13.8 Å². The zero-order valence-electron chi connectivity index (χ0n) is 11.9. The molecule has 1 aromatic rings. The summed E-state index contributed by atoms with van der Waals surface area (Å²) in [6, 6.07) is 3.09. The van der Waals surface area contributed by atoms with E-state index in [9.17, 15) is 8.42 Å². The largest absolute Gasteiger partial charge is 0.493 e. The Morgan fingerprint density at radius 1 is 1.35 bits per heavy atom. The van der Waals surface area contributed by atoms with Gasteiger partial charge in [0.1, 0.15) is 5.75 Å². The van der Waals surface area contributed by atoms with Gasteiger partial charge in [0.25, 0.3) is 0 Å². The lowest BCUT2D eigenvalue weighted by Crippen LogP contribution is -2.14. The van der Waals surface area contributed by atoms with E-state index in [2.05, 4.69) is 0 Å². The molecule has 0 amide bonds. The lowest BCUT2D eigenvalue weighted by molar-refractivity contribution is 0.0901. The Morgan fingerprint density at radius 3 is 2.50 bits per heavy atom. The quantitative estimate of drug-likeness (QED) is 0.900. The van der Waals surface area contributed by atoms with E-state index in [1.54, 1.807) is 12.1 Å². The van der Waals surface area contributed by atoms with Crippen LogP contribution in [0.1, 0.15) is 30.4 Å². The molecular weight excluding hydrogens is 278 g/mol. The zero-order valence-corrected chi connectivity index (χ0v) is 12.7. The van der Waals surface area contributed by atoms with Gasteiger partial charge in [-0.25, -0.2) is 13.6 Å². The van der Waals surface area contributed by atoms with Gasteiger partial charge in [-0.15, -0.1) is 0 Å². The maximum atomic E-state index is 11.4. The van der Waals surface area contributed by atoms with E-state index in [0.717, 1.165) is 42.7 Å². The Morgan fingerprint density at radius 2 is 2.00 bits per heavy atom. The SMILES string of the molecule is Cc1cc(S(N)(=O)=O)cc(C)c1OCCC1CCCO1. The second-order valence-corrected chi connectivity index (χ2v) is 6.76. The van der Waals surface area contributed by atoms with Gasteiger partial charge < -0.3 is 9.47 Å². The third-order valence-corrected chi connectivity index (χ3v) is 4.37. The summed E-state index contributed by atoms with van der Waals surface area (Å²) in [7, 11) is -3.67. The third-order valence-electron chi connectivity index (χ3n) is 3.47. The summed E-state index contributed by atoms with van der Waals surface area (Å²) in [5, 5.41) is 5.14. The van der Waals surface area contributed by atoms with Crippen molar-refractivity contribution in [2.75, 3.05) is 13.2 Å². The summed E-state index contributed by atoms with van der Waals surface area (Å²) >= 11 is 0. The summed E-state index contributed by atoms with van der Waals surface area (Å²) in [5.41, 5.74) is 1.56. The smallest absolute Gasteiger partial charge is 0.238 e. The van der Waals surface area contributed by atoms with Crippen LogP contribution >= 0.6 is 0 Å². The second-order valence-electron chi connectivity index (χ2n) is 5.20. The minimum Gasteiger partial charge on any atom is -0.493 e. The first kappa shape index (κ1) is 15.3. The fraction of sp³-hybridized carbons (Fsp3) is 0.571. The standard InChI is InChI=1S/C14H21NO4S/c1-10-8-13(20(15,16)17)9-11(2)14(10)19-7-5-12-4-3-6-18-12/h8-9,12H,3-7H2,1-2H3,(H2,15,16,17). The molecule has 112 valence electrons. The predicted octanol–water partition coefficient (Wildman–Crippen LogP) is 1.90. The fourth-order valence-electron chi connectivity index (χ4n) is 2.47. The van der Waals surface area contributed by atoms with E-state index in [0.29, 0.717) is 12.7 Å². The minimum atomic E-state index is -3.67. The van der Waals surface area contributed by atoms with E-state index in [-0.39, 0.29) is 4.90 Å². The van der Waals surface area contributed by atoms with Crippen molar-refractivity contribution in [1.29, 1.82) is 0 Å². The summed E-state index contributed by atoms with van der Waals surface area (Å²) in [6.45, 7) is 5.05. The normalized spacial score (nSPS) is 19.2. The van der Waals surface area contributed by atoms with Crippen molar-refractivity contribution in [3.8, 4) is 5.75 Å². The van der Waals surface area contributed by atoms with E-state index >= 15 is 0 Å². The van der Waals surface area contributed by atoms with Crippen LogP contribution in [0, 0.1) is 13.8 Å². The molecular formula is C14H21NO4S. The number of rotatable bonds is 5. The van der Waals surface area contributed by atoms with Crippen molar-refractivity contribution >= 4 is 10.0 Å². The molecule has 2 rings (SSSR count). The number of nitrogens with two attached hydrogens (primary N) is 1. The average molecular weight is 299 g/mol. The number of sulfonamides is 1. The van der Waals surface area contributed by atoms with E-state index in [1.165, 1.54) is 0 Å². The number of benzene rings is 1. The number of hydrogen-bond donors (Lipinski definition) is 1. The number of ether oxygens (including phenoxy) is 2. The van der Waals surface area contributed by atoms with Crippen LogP contribution in [0.4, 0.5) is 0 Å². The van der Waals surface area contributed by atoms with Crippen LogP contribution in [0.2, 0.25) is 0 Å². The first-order valence-corrected chi connectivity index (χ1v) is 8.31. The van der Waals surface area contributed by atoms with E-state index < -0.39 is 10.0 Å². The monoisotopic (exact) mass is 299 g/mol. The van der Waals surface area contributed by atoms with Gasteiger partial charge in [0, 0.05) is 13.0 Å². The van der Waals surface area contributed by atoms with Gasteiger partial charge >= 0.3 is 0 Å². The van der Waals surface area contributed by atoms with Gasteiger partial charge in [0.2, 0.25) is 10.0 Å². The Kier molecular flexibility index (Phi) is 4.67. The Hall–Kier alpha value is -1.11. The molecule has 1 aliphatic heterocycles. The Balaban J connectivity index is 2.04. The molecule has 2 N–H and O–H groups in total. The predicted molar refractivity (Wildman–Crippen MR) is 76.4 cm³/mol. The topological polar surface area (TPSA) is 78.6 Å². The molecule has 1 unspecified atom stereocenters. The average Bonchev–Trinajstić information content (AvgIpc) is 2.84. The summed E-state index contributed by atoms with van der Waals surface area (Å²) in [5.74, 6) is 0.732. The van der Waals surface area contributed by atoms with Crippen molar-refractivity contribution < 1.29 is 17.9 Å². The molecule has 0 bridgehead atoms. The molecule has 1 saturated heterocycles. The number of hydrogen-bond acceptors (Lipinski definition) is 4. The molecule has 1 fully saturated rings. The van der Waals surface area contributed by atoms with Crippen LogP contribution in [0.25, 0.3) is 0 Å². The molecule has 0 radical (unpaired) electrons. The highest BCUT2D eigenvalue weighted by atomic mass is 32.2. The zero-order chi connectivity index (χ0) is 14.8. The molecule has 5 nitrogen and oxygen atoms in total. The van der Waals surface area contributed by atoms with Crippen LogP contribution in [0.5, 0.6) is 5.75 Å². The molecule has 0 aromatic heterocycles. The third kappa shape index (κ3) is 3.71. The summed E-state index contributed by atoms with van der Waals surface area (Å²) in [6.07, 6.45) is 3.35. The van der Waals surface area contributed by atoms with Gasteiger partial charge in [0.05, 0.1) is 17.6 Å². The van der Waals surface area contributed by atoms with Crippen molar-refractivity contribution in [3.05, 3.63) is 23.3 Å². The van der Waals surface area contributed by atoms with Gasteiger partial charge in [-0.3, -0.25) is 0 Å². The number of aryl methyl sites for hydroxylation is 2. The molecule has 0 aliphatic carbocycles. The fourth-order valence-corrected chi connectivity index (χ4v) is 3.15. The lowest BCUT2D eigenvalue weighted by atomic mass is 10.1. The Labute approximate surface area is 120 Å². The van der Waals surface area contributed by atoms with Crippen molar-refractivity contribution in [1.82, 2.24) is 0 Å². The summed E-state index contributed by atoms with van der Waals surface area (Å²) < 4.78 is 34.0. The molecule has 1 aliphatic rings. The van der Waals surface area contributed by atoms with E-state index in [4.69, 9.17) is 14.6 Å². The van der Waals surface area contributed by atoms with Crippen molar-refractivity contribution in [2.24, 2.45) is 5.14 Å². The highest BCUT2D eigenvalue weighted by molar-refractivity contribution is 7.89. The highest BCUT2D eigenvalue weighted by Gasteiger charge is 2.17. The molecule has 0 saturated carbocycles. The first-order chi connectivity index (χ1) is 9.38. The van der Waals surface area contributed by atoms with Crippen LogP contribution in [-0.2, 0) is 14.8 Å². The highest BCUT2D eigenvalue weighted by Crippen LogP contribution is 2.27. The summed E-state index contributed by atoms with van der Waals surface area (Å²) in [4.78, 5) is 0.124. The van der Waals surface area contributed by atoms with Gasteiger partial charge in [-0.1, -0.05) is 0 Å². The molecule has 1 atom stereocenters. The van der Waals surface area contributed by atoms with Crippen LogP contribution in [0.3, 0.4) is 0 Å². The maximum Gasteiger partial charge on any atom is 0.238 e. The molecule has 0 spiro atoms. The van der Waals surface area contributed by atoms with Crippen LogP contribution in [0.15, 0.2) is 17.0 Å². The minimum absolute atomic E-state index is 0.124. The lowest BCUT2D eigenvalue weighted by Gasteiger charge is -2.15. The van der Waals surface area contributed by atoms with Gasteiger partial charge in [-0.05, 0) is 49.9 Å². The second kappa shape index (κ2) is 6.11. The Bertz CT molecular complexity index is 554. The molecule has 1 heterocycles.